The lowest BCUT2D eigenvalue weighted by Gasteiger charge is -2.06. The van der Waals surface area contributed by atoms with Gasteiger partial charge in [0.2, 0.25) is 0 Å². The molecule has 24 heavy (non-hydrogen) atoms. The molecule has 5 heteroatoms. The Kier molecular flexibility index (Phi) is 3.46. The minimum atomic E-state index is -0.371. The van der Waals surface area contributed by atoms with Gasteiger partial charge in [-0.2, -0.15) is 0 Å². The number of amides is 1. The molecule has 2 N–H and O–H groups in total. The molecule has 4 nitrogen and oxygen atoms in total. The van der Waals surface area contributed by atoms with E-state index in [1.807, 2.05) is 12.3 Å². The number of fused-ring (bicyclic) bond motifs is 1. The molecule has 1 aromatic carbocycles. The second-order valence-corrected chi connectivity index (χ2v) is 5.58. The number of allylic oxidation sites excluding steroid dienone is 4. The van der Waals surface area contributed by atoms with Crippen molar-refractivity contribution in [2.24, 2.45) is 0 Å². The summed E-state index contributed by atoms with van der Waals surface area (Å²) in [5, 5.41) is 3.75. The molecule has 4 rings (SSSR count). The van der Waals surface area contributed by atoms with Crippen LogP contribution in [-0.2, 0) is 0 Å². The SMILES string of the molecule is O=C(Nc1cnc2[nH]cc(C3=CCC=C3)c2c1)c1ccc(F)cc1. The van der Waals surface area contributed by atoms with Gasteiger partial charge in [-0.3, -0.25) is 4.79 Å². The molecule has 0 saturated heterocycles. The first-order valence-electron chi connectivity index (χ1n) is 7.62. The van der Waals surface area contributed by atoms with E-state index in [0.717, 1.165) is 28.6 Å². The van der Waals surface area contributed by atoms with Crippen molar-refractivity contribution < 1.29 is 9.18 Å². The molecule has 2 heterocycles. The second kappa shape index (κ2) is 5.77. The Bertz CT molecular complexity index is 984. The van der Waals surface area contributed by atoms with Crippen molar-refractivity contribution >= 4 is 28.2 Å². The molecule has 0 spiro atoms. The van der Waals surface area contributed by atoms with Crippen molar-refractivity contribution in [3.05, 3.63) is 77.9 Å². The number of halogens is 1. The molecule has 0 fully saturated rings. The van der Waals surface area contributed by atoms with E-state index >= 15 is 0 Å². The fourth-order valence-corrected chi connectivity index (χ4v) is 2.77. The van der Waals surface area contributed by atoms with Crippen LogP contribution < -0.4 is 5.32 Å². The fourth-order valence-electron chi connectivity index (χ4n) is 2.77. The smallest absolute Gasteiger partial charge is 0.255 e. The Hall–Kier alpha value is -3.21. The van der Waals surface area contributed by atoms with Crippen LogP contribution in [0, 0.1) is 5.82 Å². The second-order valence-electron chi connectivity index (χ2n) is 5.58. The first kappa shape index (κ1) is 14.4. The summed E-state index contributed by atoms with van der Waals surface area (Å²) in [6.07, 6.45) is 10.8. The van der Waals surface area contributed by atoms with E-state index in [2.05, 4.69) is 33.5 Å². The maximum absolute atomic E-state index is 13.0. The Labute approximate surface area is 137 Å². The van der Waals surface area contributed by atoms with Gasteiger partial charge in [-0.25, -0.2) is 9.37 Å². The number of anilines is 1. The number of carbonyl (C=O) groups is 1. The average Bonchev–Trinajstić information content (AvgIpc) is 3.24. The minimum Gasteiger partial charge on any atom is -0.346 e. The van der Waals surface area contributed by atoms with E-state index in [1.54, 1.807) is 6.20 Å². The summed E-state index contributed by atoms with van der Waals surface area (Å²) < 4.78 is 13.0. The van der Waals surface area contributed by atoms with Crippen LogP contribution in [0.4, 0.5) is 10.1 Å². The summed E-state index contributed by atoms with van der Waals surface area (Å²) >= 11 is 0. The predicted octanol–water partition coefficient (Wildman–Crippen LogP) is 4.30. The highest BCUT2D eigenvalue weighted by molar-refractivity contribution is 6.05. The van der Waals surface area contributed by atoms with Gasteiger partial charge >= 0.3 is 0 Å². The summed E-state index contributed by atoms with van der Waals surface area (Å²) in [4.78, 5) is 19.7. The molecule has 0 atom stereocenters. The van der Waals surface area contributed by atoms with Gasteiger partial charge in [0.25, 0.3) is 5.91 Å². The van der Waals surface area contributed by atoms with E-state index in [-0.39, 0.29) is 11.7 Å². The molecule has 1 aliphatic rings. The highest BCUT2D eigenvalue weighted by atomic mass is 19.1. The van der Waals surface area contributed by atoms with Gasteiger partial charge < -0.3 is 10.3 Å². The lowest BCUT2D eigenvalue weighted by atomic mass is 10.1. The predicted molar refractivity (Wildman–Crippen MR) is 92.2 cm³/mol. The number of nitrogens with one attached hydrogen (secondary N) is 2. The number of nitrogens with zero attached hydrogens (tertiary/aromatic N) is 1. The third kappa shape index (κ3) is 2.60. The largest absolute Gasteiger partial charge is 0.346 e. The zero-order chi connectivity index (χ0) is 16.5. The van der Waals surface area contributed by atoms with Crippen LogP contribution in [0.3, 0.4) is 0 Å². The van der Waals surface area contributed by atoms with Crippen LogP contribution in [0.15, 0.2) is 61.0 Å². The van der Waals surface area contributed by atoms with Crippen molar-refractivity contribution in [3.63, 3.8) is 0 Å². The van der Waals surface area contributed by atoms with Gasteiger partial charge in [0.15, 0.2) is 0 Å². The highest BCUT2D eigenvalue weighted by Crippen LogP contribution is 2.29. The maximum Gasteiger partial charge on any atom is 0.255 e. The zero-order valence-corrected chi connectivity index (χ0v) is 12.7. The molecule has 0 saturated carbocycles. The quantitative estimate of drug-likeness (QED) is 0.756. The van der Waals surface area contributed by atoms with Crippen LogP contribution in [0.5, 0.6) is 0 Å². The van der Waals surface area contributed by atoms with E-state index in [9.17, 15) is 9.18 Å². The molecular formula is C19H14FN3O. The van der Waals surface area contributed by atoms with Crippen molar-refractivity contribution in [2.45, 2.75) is 6.42 Å². The summed E-state index contributed by atoms with van der Waals surface area (Å²) in [6, 6.07) is 7.32. The number of hydrogen-bond acceptors (Lipinski definition) is 2. The van der Waals surface area contributed by atoms with Crippen LogP contribution in [0.25, 0.3) is 16.6 Å². The Morgan fingerprint density at radius 2 is 2.08 bits per heavy atom. The van der Waals surface area contributed by atoms with Gasteiger partial charge in [0.05, 0.1) is 11.9 Å². The lowest BCUT2D eigenvalue weighted by molar-refractivity contribution is 0.102. The number of rotatable bonds is 3. The lowest BCUT2D eigenvalue weighted by Crippen LogP contribution is -2.11. The third-order valence-corrected chi connectivity index (χ3v) is 3.98. The summed E-state index contributed by atoms with van der Waals surface area (Å²) in [5.41, 5.74) is 3.97. The van der Waals surface area contributed by atoms with Crippen molar-refractivity contribution in [3.8, 4) is 0 Å². The van der Waals surface area contributed by atoms with E-state index < -0.39 is 0 Å². The summed E-state index contributed by atoms with van der Waals surface area (Å²) in [6.45, 7) is 0. The number of hydrogen-bond donors (Lipinski definition) is 2. The van der Waals surface area contributed by atoms with Crippen LogP contribution >= 0.6 is 0 Å². The van der Waals surface area contributed by atoms with Crippen LogP contribution in [-0.4, -0.2) is 15.9 Å². The molecular weight excluding hydrogens is 305 g/mol. The third-order valence-electron chi connectivity index (χ3n) is 3.98. The molecule has 1 aliphatic carbocycles. The normalized spacial score (nSPS) is 13.3. The standard InChI is InChI=1S/C19H14FN3O/c20-14-7-5-13(6-8-14)19(24)23-15-9-16-17(12-3-1-2-4-12)11-22-18(16)21-10-15/h1,3-11H,2H2,(H,21,22)(H,23,24). The van der Waals surface area contributed by atoms with Crippen molar-refractivity contribution in [2.75, 3.05) is 5.32 Å². The van der Waals surface area contributed by atoms with Crippen LogP contribution in [0.1, 0.15) is 22.3 Å². The minimum absolute atomic E-state index is 0.298. The first-order chi connectivity index (χ1) is 11.7. The number of carbonyl (C=O) groups excluding carboxylic acids is 1. The number of pyridine rings is 1. The number of H-pyrrole nitrogens is 1. The first-order valence-corrected chi connectivity index (χ1v) is 7.62. The van der Waals surface area contributed by atoms with Gasteiger partial charge in [-0.15, -0.1) is 0 Å². The summed E-state index contributed by atoms with van der Waals surface area (Å²) in [5.74, 6) is -0.669. The van der Waals surface area contributed by atoms with Crippen LogP contribution in [0.2, 0.25) is 0 Å². The maximum atomic E-state index is 13.0. The number of benzene rings is 1. The molecule has 0 radical (unpaired) electrons. The van der Waals surface area contributed by atoms with Gasteiger partial charge in [-0.1, -0.05) is 18.2 Å². The van der Waals surface area contributed by atoms with Gasteiger partial charge in [0.1, 0.15) is 11.5 Å². The van der Waals surface area contributed by atoms with Crippen molar-refractivity contribution in [1.29, 1.82) is 0 Å². The Morgan fingerprint density at radius 1 is 1.25 bits per heavy atom. The Balaban J connectivity index is 1.65. The molecule has 2 aromatic heterocycles. The zero-order valence-electron chi connectivity index (χ0n) is 12.7. The van der Waals surface area contributed by atoms with E-state index in [1.165, 1.54) is 24.3 Å². The summed E-state index contributed by atoms with van der Waals surface area (Å²) in [7, 11) is 0. The topological polar surface area (TPSA) is 57.8 Å². The Morgan fingerprint density at radius 3 is 2.83 bits per heavy atom. The van der Waals surface area contributed by atoms with E-state index in [4.69, 9.17) is 0 Å². The fraction of sp³-hybridized carbons (Fsp3) is 0.0526. The molecule has 0 bridgehead atoms. The molecule has 0 unspecified atom stereocenters. The molecule has 3 aromatic rings. The molecule has 0 aliphatic heterocycles. The van der Waals surface area contributed by atoms with E-state index in [0.29, 0.717) is 11.3 Å². The highest BCUT2D eigenvalue weighted by Gasteiger charge is 2.12. The molecule has 118 valence electrons. The number of aromatic nitrogens is 2. The van der Waals surface area contributed by atoms with Gasteiger partial charge in [0, 0.05) is 22.7 Å². The number of aromatic amines is 1. The average molecular weight is 319 g/mol. The van der Waals surface area contributed by atoms with Gasteiger partial charge in [-0.05, 0) is 42.3 Å². The monoisotopic (exact) mass is 319 g/mol. The molecule has 1 amide bonds. The van der Waals surface area contributed by atoms with Crippen molar-refractivity contribution in [1.82, 2.24) is 9.97 Å².